The maximum absolute atomic E-state index is 13.2. The highest BCUT2D eigenvalue weighted by Crippen LogP contribution is 2.39. The lowest BCUT2D eigenvalue weighted by atomic mass is 9.99. The van der Waals surface area contributed by atoms with Crippen LogP contribution in [0.3, 0.4) is 0 Å². The van der Waals surface area contributed by atoms with Crippen LogP contribution in [0.2, 0.25) is 0 Å². The molecule has 8 heteroatoms. The molecule has 1 atom stereocenters. The third-order valence-corrected chi connectivity index (χ3v) is 5.40. The molecule has 0 unspecified atom stereocenters. The van der Waals surface area contributed by atoms with Crippen molar-refractivity contribution < 1.29 is 24.0 Å². The summed E-state index contributed by atoms with van der Waals surface area (Å²) < 4.78 is 5.49. The molecule has 3 rings (SSSR count). The molecule has 2 aromatic rings. The molecule has 0 aromatic carbocycles. The fourth-order valence-corrected chi connectivity index (χ4v) is 3.94. The van der Waals surface area contributed by atoms with Gasteiger partial charge in [-0.1, -0.05) is 0 Å². The summed E-state index contributed by atoms with van der Waals surface area (Å²) in [5, 5.41) is 11.3. The number of aryl methyl sites for hydroxylation is 2. The molecule has 7 nitrogen and oxygen atoms in total. The van der Waals surface area contributed by atoms with E-state index < -0.39 is 17.7 Å². The zero-order chi connectivity index (χ0) is 19.0. The molecule has 2 N–H and O–H groups in total. The number of hydrogen-bond acceptors (Lipinski definition) is 6. The molecule has 0 radical (unpaired) electrons. The first-order valence-electron chi connectivity index (χ1n) is 8.36. The van der Waals surface area contributed by atoms with Crippen LogP contribution in [-0.2, 0) is 4.79 Å². The highest BCUT2D eigenvalue weighted by Gasteiger charge is 2.45. The first-order chi connectivity index (χ1) is 12.3. The number of nitrogens with zero attached hydrogens (tertiary/aromatic N) is 2. The van der Waals surface area contributed by atoms with Gasteiger partial charge in [-0.2, -0.15) is 0 Å². The molecule has 3 heterocycles. The number of amides is 1. The molecule has 0 saturated heterocycles. The summed E-state index contributed by atoms with van der Waals surface area (Å²) in [5.41, 5.74) is 0.657. The summed E-state index contributed by atoms with van der Waals surface area (Å²) in [4.78, 5) is 33.2. The molecule has 1 aliphatic heterocycles. The molecule has 0 saturated carbocycles. The monoisotopic (exact) mass is 376 g/mol. The topological polar surface area (TPSA) is 88.1 Å². The molecule has 26 heavy (non-hydrogen) atoms. The largest absolute Gasteiger partial charge is 0.503 e. The van der Waals surface area contributed by atoms with Gasteiger partial charge in [0.2, 0.25) is 5.78 Å². The predicted octanol–water partition coefficient (Wildman–Crippen LogP) is 1.08. The first-order valence-corrected chi connectivity index (χ1v) is 9.18. The number of thiazole rings is 1. The van der Waals surface area contributed by atoms with E-state index in [4.69, 9.17) is 4.42 Å². The van der Waals surface area contributed by atoms with Crippen LogP contribution in [0.4, 0.5) is 0 Å². The van der Waals surface area contributed by atoms with Crippen LogP contribution in [0.15, 0.2) is 34.1 Å². The average molecular weight is 376 g/mol. The number of aliphatic hydroxyl groups is 1. The van der Waals surface area contributed by atoms with E-state index in [9.17, 15) is 14.7 Å². The van der Waals surface area contributed by atoms with Gasteiger partial charge in [0, 0.05) is 0 Å². The first kappa shape index (κ1) is 18.3. The minimum Gasteiger partial charge on any atom is -0.503 e. The summed E-state index contributed by atoms with van der Waals surface area (Å²) in [6.07, 6.45) is 1.49. The maximum atomic E-state index is 13.2. The maximum Gasteiger partial charge on any atom is 0.290 e. The lowest BCUT2D eigenvalue weighted by Gasteiger charge is -2.25. The van der Waals surface area contributed by atoms with Gasteiger partial charge in [0.1, 0.15) is 11.8 Å². The number of nitrogens with one attached hydrogen (secondary N) is 1. The van der Waals surface area contributed by atoms with Crippen molar-refractivity contribution in [2.45, 2.75) is 19.9 Å². The second-order valence-corrected chi connectivity index (χ2v) is 7.82. The molecule has 1 aliphatic rings. The Bertz CT molecular complexity index is 867. The minimum absolute atomic E-state index is 0.0606. The molecule has 2 aromatic heterocycles. The van der Waals surface area contributed by atoms with E-state index in [0.717, 1.165) is 9.91 Å². The Kier molecular flexibility index (Phi) is 4.97. The molecule has 1 amide bonds. The average Bonchev–Trinajstić information content (AvgIpc) is 3.26. The normalized spacial score (nSPS) is 17.7. The highest BCUT2D eigenvalue weighted by molar-refractivity contribution is 7.14. The Morgan fingerprint density at radius 1 is 1.42 bits per heavy atom. The van der Waals surface area contributed by atoms with Crippen LogP contribution in [0.25, 0.3) is 0 Å². The van der Waals surface area contributed by atoms with Gasteiger partial charge in [-0.3, -0.25) is 9.59 Å². The number of aliphatic hydroxyl groups excluding tert-OH is 1. The van der Waals surface area contributed by atoms with Gasteiger partial charge in [-0.25, -0.2) is 4.98 Å². The lowest BCUT2D eigenvalue weighted by Crippen LogP contribution is -3.06. The Hall–Kier alpha value is -2.45. The van der Waals surface area contributed by atoms with Crippen molar-refractivity contribution in [2.24, 2.45) is 0 Å². The number of likely N-dealkylation sites (N-methyl/N-ethyl adjacent to an activating group) is 1. The Morgan fingerprint density at radius 2 is 2.15 bits per heavy atom. The summed E-state index contributed by atoms with van der Waals surface area (Å²) in [5.74, 6) is -0.969. The lowest BCUT2D eigenvalue weighted by molar-refractivity contribution is -0.857. The van der Waals surface area contributed by atoms with Crippen LogP contribution in [0.1, 0.15) is 32.2 Å². The van der Waals surface area contributed by atoms with Gasteiger partial charge >= 0.3 is 0 Å². The number of carbonyl (C=O) groups excluding carboxylic acids is 2. The third kappa shape index (κ3) is 3.17. The molecular formula is C18H22N3O4S+. The van der Waals surface area contributed by atoms with E-state index in [1.54, 1.807) is 19.1 Å². The van der Waals surface area contributed by atoms with Gasteiger partial charge in [-0.05, 0) is 26.0 Å². The fraction of sp³-hybridized carbons (Fsp3) is 0.389. The van der Waals surface area contributed by atoms with Gasteiger partial charge < -0.3 is 19.3 Å². The minimum atomic E-state index is -0.730. The van der Waals surface area contributed by atoms with Crippen molar-refractivity contribution in [1.82, 2.24) is 9.88 Å². The second-order valence-electron chi connectivity index (χ2n) is 6.61. The van der Waals surface area contributed by atoms with E-state index in [1.807, 2.05) is 21.0 Å². The number of ketones is 1. The number of furan rings is 1. The number of hydrogen-bond donors (Lipinski definition) is 2. The predicted molar refractivity (Wildman–Crippen MR) is 96.4 cm³/mol. The Balaban J connectivity index is 2.04. The van der Waals surface area contributed by atoms with Gasteiger partial charge in [0.05, 0.1) is 54.6 Å². The number of carbonyl (C=O) groups is 2. The van der Waals surface area contributed by atoms with Crippen LogP contribution >= 0.6 is 11.3 Å². The molecule has 0 bridgehead atoms. The highest BCUT2D eigenvalue weighted by atomic mass is 32.1. The second kappa shape index (κ2) is 7.05. The van der Waals surface area contributed by atoms with Crippen molar-refractivity contribution in [3.05, 3.63) is 51.1 Å². The zero-order valence-corrected chi connectivity index (χ0v) is 16.0. The molecule has 0 spiro atoms. The van der Waals surface area contributed by atoms with E-state index >= 15 is 0 Å². The molecule has 138 valence electrons. The van der Waals surface area contributed by atoms with E-state index in [-0.39, 0.29) is 11.4 Å². The van der Waals surface area contributed by atoms with Crippen molar-refractivity contribution in [3.63, 3.8) is 0 Å². The SMILES string of the molecule is Cc1nc(C)c(C(=O)C2=C(O)C(=O)N(CC[NH+](C)C)[C@@H]2c2ccco2)s1. The van der Waals surface area contributed by atoms with Crippen LogP contribution in [0, 0.1) is 13.8 Å². The van der Waals surface area contributed by atoms with E-state index in [2.05, 4.69) is 4.98 Å². The molecular weight excluding hydrogens is 354 g/mol. The number of quaternary nitrogens is 1. The number of aromatic nitrogens is 1. The summed E-state index contributed by atoms with van der Waals surface area (Å²) in [7, 11) is 3.95. The van der Waals surface area contributed by atoms with Crippen molar-refractivity contribution >= 4 is 23.0 Å². The Morgan fingerprint density at radius 3 is 2.69 bits per heavy atom. The summed E-state index contributed by atoms with van der Waals surface area (Å²) in [6.45, 7) is 4.64. The van der Waals surface area contributed by atoms with Gasteiger partial charge in [0.15, 0.2) is 5.76 Å². The van der Waals surface area contributed by atoms with Crippen molar-refractivity contribution in [2.75, 3.05) is 27.2 Å². The third-order valence-electron chi connectivity index (χ3n) is 4.32. The quantitative estimate of drug-likeness (QED) is 0.737. The van der Waals surface area contributed by atoms with Gasteiger partial charge in [-0.15, -0.1) is 11.3 Å². The summed E-state index contributed by atoms with van der Waals surface area (Å²) >= 11 is 1.26. The van der Waals surface area contributed by atoms with E-state index in [1.165, 1.54) is 22.5 Å². The molecule has 0 aliphatic carbocycles. The van der Waals surface area contributed by atoms with Gasteiger partial charge in [0.25, 0.3) is 5.91 Å². The number of rotatable bonds is 6. The Labute approximate surface area is 155 Å². The van der Waals surface area contributed by atoms with Crippen LogP contribution in [0.5, 0.6) is 0 Å². The fourth-order valence-electron chi connectivity index (χ4n) is 3.07. The number of Topliss-reactive ketones (excluding diaryl/α,β-unsaturated/α-hetero) is 1. The van der Waals surface area contributed by atoms with Crippen molar-refractivity contribution in [1.29, 1.82) is 0 Å². The standard InChI is InChI=1S/C18H21N3O4S/c1-10-17(26-11(2)19-10)15(22)13-14(12-6-5-9-25-12)21(8-7-20(3)4)18(24)16(13)23/h5-6,9,14,23H,7-8H2,1-4H3/p+1/t14-/m1/s1. The smallest absolute Gasteiger partial charge is 0.290 e. The summed E-state index contributed by atoms with van der Waals surface area (Å²) in [6, 6.07) is 2.69. The molecule has 0 fully saturated rings. The van der Waals surface area contributed by atoms with Crippen LogP contribution < -0.4 is 4.90 Å². The van der Waals surface area contributed by atoms with Crippen LogP contribution in [-0.4, -0.2) is 53.9 Å². The van der Waals surface area contributed by atoms with E-state index in [0.29, 0.717) is 29.4 Å². The zero-order valence-electron chi connectivity index (χ0n) is 15.2. The van der Waals surface area contributed by atoms with Crippen molar-refractivity contribution in [3.8, 4) is 0 Å².